The van der Waals surface area contributed by atoms with Gasteiger partial charge in [-0.05, 0) is 36.6 Å². The quantitative estimate of drug-likeness (QED) is 0.890. The van der Waals surface area contributed by atoms with Crippen molar-refractivity contribution < 1.29 is 14.6 Å². The molecule has 0 aliphatic heterocycles. The summed E-state index contributed by atoms with van der Waals surface area (Å²) < 4.78 is 6.21. The van der Waals surface area contributed by atoms with Gasteiger partial charge in [0.15, 0.2) is 0 Å². The average molecular weight is 236 g/mol. The molecule has 1 unspecified atom stereocenters. The van der Waals surface area contributed by atoms with Crippen LogP contribution in [0.1, 0.15) is 17.7 Å². The molecule has 4 heteroatoms. The van der Waals surface area contributed by atoms with Crippen LogP contribution in [0.2, 0.25) is 0 Å². The van der Waals surface area contributed by atoms with Crippen molar-refractivity contribution in [1.29, 1.82) is 0 Å². The average Bonchev–Trinajstić information content (AvgIpc) is 2.69. The van der Waals surface area contributed by atoms with E-state index < -0.39 is 11.9 Å². The summed E-state index contributed by atoms with van der Waals surface area (Å²) in [4.78, 5) is 11.8. The van der Waals surface area contributed by atoms with Gasteiger partial charge in [-0.15, -0.1) is 11.3 Å². The van der Waals surface area contributed by atoms with E-state index in [0.29, 0.717) is 0 Å². The van der Waals surface area contributed by atoms with Gasteiger partial charge < -0.3 is 9.84 Å². The molecule has 1 heterocycles. The van der Waals surface area contributed by atoms with Gasteiger partial charge in [-0.3, -0.25) is 4.79 Å². The van der Waals surface area contributed by atoms with Crippen LogP contribution in [0.3, 0.4) is 0 Å². The standard InChI is InChI=1S/C12H12O3S/c1-7(12(13)14)11-6-8-5-9(15-2)3-4-10(8)16-11/h3-7H,1-2H3,(H,13,14). The number of aliphatic carboxylic acids is 1. The van der Waals surface area contributed by atoms with Gasteiger partial charge in [0.25, 0.3) is 0 Å². The highest BCUT2D eigenvalue weighted by atomic mass is 32.1. The molecule has 2 rings (SSSR count). The Bertz CT molecular complexity index is 530. The third-order valence-electron chi connectivity index (χ3n) is 2.54. The van der Waals surface area contributed by atoms with Crippen molar-refractivity contribution in [2.24, 2.45) is 0 Å². The number of carboxylic acids is 1. The fourth-order valence-electron chi connectivity index (χ4n) is 1.50. The summed E-state index contributed by atoms with van der Waals surface area (Å²) in [7, 11) is 1.62. The summed E-state index contributed by atoms with van der Waals surface area (Å²) in [6, 6.07) is 7.68. The van der Waals surface area contributed by atoms with E-state index in [1.807, 2.05) is 24.3 Å². The molecule has 0 aliphatic carbocycles. The lowest BCUT2D eigenvalue weighted by Gasteiger charge is -1.99. The first kappa shape index (κ1) is 11.0. The summed E-state index contributed by atoms with van der Waals surface area (Å²) >= 11 is 1.52. The highest BCUT2D eigenvalue weighted by Crippen LogP contribution is 2.32. The number of rotatable bonds is 3. The Labute approximate surface area is 97.3 Å². The lowest BCUT2D eigenvalue weighted by Crippen LogP contribution is -2.04. The number of carboxylic acid groups (broad SMARTS) is 1. The van der Waals surface area contributed by atoms with Gasteiger partial charge in [0, 0.05) is 9.58 Å². The number of fused-ring (bicyclic) bond motifs is 1. The van der Waals surface area contributed by atoms with Crippen LogP contribution in [0, 0.1) is 0 Å². The molecule has 1 aromatic carbocycles. The van der Waals surface area contributed by atoms with Gasteiger partial charge in [0.05, 0.1) is 13.0 Å². The van der Waals surface area contributed by atoms with E-state index in [-0.39, 0.29) is 0 Å². The summed E-state index contributed by atoms with van der Waals surface area (Å²) in [5, 5.41) is 9.98. The zero-order valence-electron chi connectivity index (χ0n) is 9.06. The first-order chi connectivity index (χ1) is 7.61. The van der Waals surface area contributed by atoms with Crippen LogP contribution in [-0.2, 0) is 4.79 Å². The first-order valence-electron chi connectivity index (χ1n) is 4.92. The second kappa shape index (κ2) is 4.14. The van der Waals surface area contributed by atoms with Crippen molar-refractivity contribution in [2.75, 3.05) is 7.11 Å². The van der Waals surface area contributed by atoms with Gasteiger partial charge >= 0.3 is 5.97 Å². The molecular formula is C12H12O3S. The van der Waals surface area contributed by atoms with Gasteiger partial charge in [0.2, 0.25) is 0 Å². The molecule has 1 aromatic heterocycles. The number of hydrogen-bond donors (Lipinski definition) is 1. The first-order valence-corrected chi connectivity index (χ1v) is 5.73. The maximum atomic E-state index is 10.9. The number of benzene rings is 1. The van der Waals surface area contributed by atoms with Crippen molar-refractivity contribution in [3.63, 3.8) is 0 Å². The SMILES string of the molecule is COc1ccc2sc(C(C)C(=O)O)cc2c1. The maximum absolute atomic E-state index is 10.9. The monoisotopic (exact) mass is 236 g/mol. The molecular weight excluding hydrogens is 224 g/mol. The molecule has 0 amide bonds. The lowest BCUT2D eigenvalue weighted by molar-refractivity contribution is -0.138. The van der Waals surface area contributed by atoms with Crippen molar-refractivity contribution in [3.05, 3.63) is 29.1 Å². The minimum absolute atomic E-state index is 0.455. The zero-order chi connectivity index (χ0) is 11.7. The van der Waals surface area contributed by atoms with E-state index in [4.69, 9.17) is 9.84 Å². The molecule has 16 heavy (non-hydrogen) atoms. The molecule has 2 aromatic rings. The Morgan fingerprint density at radius 2 is 2.19 bits per heavy atom. The summed E-state index contributed by atoms with van der Waals surface area (Å²) in [6.07, 6.45) is 0. The van der Waals surface area contributed by atoms with Crippen molar-refractivity contribution in [1.82, 2.24) is 0 Å². The zero-order valence-corrected chi connectivity index (χ0v) is 9.88. The van der Waals surface area contributed by atoms with Gasteiger partial charge in [-0.1, -0.05) is 0 Å². The fraction of sp³-hybridized carbons (Fsp3) is 0.250. The molecule has 84 valence electrons. The van der Waals surface area contributed by atoms with Crippen LogP contribution < -0.4 is 4.74 Å². The third kappa shape index (κ3) is 1.88. The molecule has 0 bridgehead atoms. The maximum Gasteiger partial charge on any atom is 0.311 e. The Balaban J connectivity index is 2.47. The third-order valence-corrected chi connectivity index (χ3v) is 3.84. The summed E-state index contributed by atoms with van der Waals surface area (Å²) in [6.45, 7) is 1.70. The highest BCUT2D eigenvalue weighted by molar-refractivity contribution is 7.19. The Hall–Kier alpha value is -1.55. The largest absolute Gasteiger partial charge is 0.497 e. The second-order valence-electron chi connectivity index (χ2n) is 3.61. The molecule has 0 saturated carbocycles. The van der Waals surface area contributed by atoms with Crippen LogP contribution in [0.4, 0.5) is 0 Å². The van der Waals surface area contributed by atoms with E-state index in [1.165, 1.54) is 11.3 Å². The molecule has 0 aliphatic rings. The second-order valence-corrected chi connectivity index (χ2v) is 4.73. The van der Waals surface area contributed by atoms with E-state index in [9.17, 15) is 4.79 Å². The van der Waals surface area contributed by atoms with Crippen LogP contribution in [0.25, 0.3) is 10.1 Å². The Morgan fingerprint density at radius 3 is 2.81 bits per heavy atom. The number of hydrogen-bond acceptors (Lipinski definition) is 3. The summed E-state index contributed by atoms with van der Waals surface area (Å²) in [5.74, 6) is -0.457. The molecule has 0 fully saturated rings. The van der Waals surface area contributed by atoms with E-state index in [0.717, 1.165) is 20.7 Å². The van der Waals surface area contributed by atoms with E-state index >= 15 is 0 Å². The predicted octanol–water partition coefficient (Wildman–Crippen LogP) is 3.10. The van der Waals surface area contributed by atoms with Crippen LogP contribution >= 0.6 is 11.3 Å². The van der Waals surface area contributed by atoms with Crippen molar-refractivity contribution >= 4 is 27.4 Å². The van der Waals surface area contributed by atoms with Crippen LogP contribution in [0.15, 0.2) is 24.3 Å². The minimum atomic E-state index is -0.793. The van der Waals surface area contributed by atoms with Crippen LogP contribution in [-0.4, -0.2) is 18.2 Å². The number of ether oxygens (including phenoxy) is 1. The van der Waals surface area contributed by atoms with Crippen molar-refractivity contribution in [2.45, 2.75) is 12.8 Å². The molecule has 0 radical (unpaired) electrons. The number of methoxy groups -OCH3 is 1. The Kier molecular flexibility index (Phi) is 2.83. The Morgan fingerprint density at radius 1 is 1.44 bits per heavy atom. The molecule has 1 N–H and O–H groups in total. The van der Waals surface area contributed by atoms with E-state index in [2.05, 4.69) is 0 Å². The van der Waals surface area contributed by atoms with Gasteiger partial charge in [-0.2, -0.15) is 0 Å². The molecule has 0 spiro atoms. The normalized spacial score (nSPS) is 12.6. The minimum Gasteiger partial charge on any atom is -0.497 e. The number of thiophene rings is 1. The fourth-order valence-corrected chi connectivity index (χ4v) is 2.59. The van der Waals surface area contributed by atoms with Gasteiger partial charge in [0.1, 0.15) is 5.75 Å². The smallest absolute Gasteiger partial charge is 0.311 e. The molecule has 3 nitrogen and oxygen atoms in total. The highest BCUT2D eigenvalue weighted by Gasteiger charge is 2.16. The van der Waals surface area contributed by atoms with Gasteiger partial charge in [-0.25, -0.2) is 0 Å². The van der Waals surface area contributed by atoms with Crippen LogP contribution in [0.5, 0.6) is 5.75 Å². The van der Waals surface area contributed by atoms with Crippen molar-refractivity contribution in [3.8, 4) is 5.75 Å². The number of carbonyl (C=O) groups is 1. The summed E-state index contributed by atoms with van der Waals surface area (Å²) in [5.41, 5.74) is 0. The predicted molar refractivity (Wildman–Crippen MR) is 64.4 cm³/mol. The van der Waals surface area contributed by atoms with E-state index in [1.54, 1.807) is 14.0 Å². The molecule has 1 atom stereocenters. The topological polar surface area (TPSA) is 46.5 Å². The molecule has 0 saturated heterocycles. The lowest BCUT2D eigenvalue weighted by atomic mass is 10.1.